The zero-order valence-corrected chi connectivity index (χ0v) is 12.3. The van der Waals surface area contributed by atoms with Crippen LogP contribution in [0.5, 0.6) is 0 Å². The van der Waals surface area contributed by atoms with Gasteiger partial charge in [0, 0.05) is 25.7 Å². The Morgan fingerprint density at radius 2 is 1.83 bits per heavy atom. The van der Waals surface area contributed by atoms with Gasteiger partial charge in [-0.15, -0.1) is 0 Å². The van der Waals surface area contributed by atoms with E-state index in [1.807, 2.05) is 0 Å². The summed E-state index contributed by atoms with van der Waals surface area (Å²) in [5.41, 5.74) is 1.10. The van der Waals surface area contributed by atoms with Crippen LogP contribution >= 0.6 is 0 Å². The molecule has 0 aromatic carbocycles. The summed E-state index contributed by atoms with van der Waals surface area (Å²) in [6, 6.07) is 2.06. The van der Waals surface area contributed by atoms with Crippen LogP contribution in [0.1, 0.15) is 52.7 Å². The average Bonchev–Trinajstić information content (AvgIpc) is 2.37. The molecular formula is C14H26N4. The highest BCUT2D eigenvalue weighted by molar-refractivity contribution is 5.44. The molecule has 0 aliphatic rings. The van der Waals surface area contributed by atoms with E-state index in [2.05, 4.69) is 60.9 Å². The van der Waals surface area contributed by atoms with Crippen molar-refractivity contribution in [3.05, 3.63) is 11.8 Å². The molecule has 1 aromatic heterocycles. The molecular weight excluding hydrogens is 224 g/mol. The van der Waals surface area contributed by atoms with Crippen LogP contribution in [0.3, 0.4) is 0 Å². The monoisotopic (exact) mass is 250 g/mol. The Hall–Kier alpha value is -1.32. The van der Waals surface area contributed by atoms with Crippen molar-refractivity contribution in [1.82, 2.24) is 9.97 Å². The van der Waals surface area contributed by atoms with Crippen LogP contribution in [0.15, 0.2) is 6.07 Å². The molecule has 102 valence electrons. The number of anilines is 2. The molecule has 0 aliphatic heterocycles. The Balaban J connectivity index is 3.04. The molecule has 4 nitrogen and oxygen atoms in total. The molecule has 18 heavy (non-hydrogen) atoms. The van der Waals surface area contributed by atoms with Gasteiger partial charge in [0.05, 0.1) is 5.69 Å². The van der Waals surface area contributed by atoms with Crippen molar-refractivity contribution in [2.45, 2.75) is 47.0 Å². The third-order valence-corrected chi connectivity index (χ3v) is 2.93. The lowest BCUT2D eigenvalue weighted by Gasteiger charge is -2.21. The van der Waals surface area contributed by atoms with Crippen LogP contribution in [0.4, 0.5) is 11.8 Å². The van der Waals surface area contributed by atoms with Gasteiger partial charge in [-0.2, -0.15) is 4.98 Å². The van der Waals surface area contributed by atoms with E-state index in [1.54, 1.807) is 0 Å². The van der Waals surface area contributed by atoms with Gasteiger partial charge in [-0.25, -0.2) is 4.98 Å². The Kier molecular flexibility index (Phi) is 5.89. The predicted molar refractivity (Wildman–Crippen MR) is 78.5 cm³/mol. The molecule has 0 bridgehead atoms. The number of aromatic nitrogens is 2. The highest BCUT2D eigenvalue weighted by atomic mass is 15.3. The summed E-state index contributed by atoms with van der Waals surface area (Å²) in [6.45, 7) is 13.6. The molecule has 0 radical (unpaired) electrons. The Bertz CT molecular complexity index is 359. The van der Waals surface area contributed by atoms with Gasteiger partial charge < -0.3 is 10.2 Å². The largest absolute Gasteiger partial charge is 0.370 e. The summed E-state index contributed by atoms with van der Waals surface area (Å²) in [4.78, 5) is 11.4. The van der Waals surface area contributed by atoms with Crippen LogP contribution in [0.25, 0.3) is 0 Å². The Morgan fingerprint density at radius 1 is 1.17 bits per heavy atom. The van der Waals surface area contributed by atoms with Crippen molar-refractivity contribution in [3.8, 4) is 0 Å². The average molecular weight is 250 g/mol. The third-order valence-electron chi connectivity index (χ3n) is 2.93. The number of hydrogen-bond donors (Lipinski definition) is 1. The van der Waals surface area contributed by atoms with Crippen molar-refractivity contribution in [3.63, 3.8) is 0 Å². The molecule has 1 N–H and O–H groups in total. The maximum Gasteiger partial charge on any atom is 0.227 e. The summed E-state index contributed by atoms with van der Waals surface area (Å²) in [6.07, 6.45) is 1.10. The van der Waals surface area contributed by atoms with E-state index in [0.29, 0.717) is 5.92 Å². The third kappa shape index (κ3) is 3.86. The van der Waals surface area contributed by atoms with Gasteiger partial charge in [0.15, 0.2) is 0 Å². The molecule has 0 spiro atoms. The van der Waals surface area contributed by atoms with E-state index in [1.165, 1.54) is 0 Å². The van der Waals surface area contributed by atoms with Crippen molar-refractivity contribution < 1.29 is 0 Å². The van der Waals surface area contributed by atoms with Gasteiger partial charge in [-0.05, 0) is 26.2 Å². The first-order valence-electron chi connectivity index (χ1n) is 7.00. The normalized spacial score (nSPS) is 10.8. The van der Waals surface area contributed by atoms with E-state index < -0.39 is 0 Å². The summed E-state index contributed by atoms with van der Waals surface area (Å²) in [7, 11) is 0. The van der Waals surface area contributed by atoms with E-state index >= 15 is 0 Å². The molecule has 0 unspecified atom stereocenters. The topological polar surface area (TPSA) is 41.1 Å². The second-order valence-corrected chi connectivity index (χ2v) is 4.73. The summed E-state index contributed by atoms with van der Waals surface area (Å²) < 4.78 is 0. The standard InChI is InChI=1S/C14H26N4/c1-6-9-15-13-10-12(11(4)5)16-14(17-13)18(7-2)8-3/h10-11H,6-9H2,1-5H3,(H,15,16,17). The Morgan fingerprint density at radius 3 is 2.33 bits per heavy atom. The van der Waals surface area contributed by atoms with Crippen molar-refractivity contribution >= 4 is 11.8 Å². The van der Waals surface area contributed by atoms with Gasteiger partial charge >= 0.3 is 0 Å². The fourth-order valence-electron chi connectivity index (χ4n) is 1.74. The molecule has 0 saturated carbocycles. The molecule has 1 rings (SSSR count). The van der Waals surface area contributed by atoms with E-state index in [9.17, 15) is 0 Å². The predicted octanol–water partition coefficient (Wildman–Crippen LogP) is 3.27. The first-order valence-corrected chi connectivity index (χ1v) is 7.00. The molecule has 1 heterocycles. The van der Waals surface area contributed by atoms with Crippen LogP contribution in [-0.4, -0.2) is 29.6 Å². The molecule has 0 amide bonds. The highest BCUT2D eigenvalue weighted by Crippen LogP contribution is 2.19. The molecule has 0 aliphatic carbocycles. The van der Waals surface area contributed by atoms with Crippen LogP contribution < -0.4 is 10.2 Å². The second kappa shape index (κ2) is 7.19. The van der Waals surface area contributed by atoms with E-state index in [0.717, 1.165) is 43.5 Å². The van der Waals surface area contributed by atoms with Gasteiger partial charge in [-0.3, -0.25) is 0 Å². The van der Waals surface area contributed by atoms with Crippen LogP contribution in [0, 0.1) is 0 Å². The highest BCUT2D eigenvalue weighted by Gasteiger charge is 2.11. The molecule has 0 saturated heterocycles. The fourth-order valence-corrected chi connectivity index (χ4v) is 1.74. The van der Waals surface area contributed by atoms with Crippen LogP contribution in [0.2, 0.25) is 0 Å². The lowest BCUT2D eigenvalue weighted by molar-refractivity contribution is 0.773. The number of hydrogen-bond acceptors (Lipinski definition) is 4. The Labute approximate surface area is 111 Å². The second-order valence-electron chi connectivity index (χ2n) is 4.73. The maximum absolute atomic E-state index is 4.66. The van der Waals surface area contributed by atoms with Crippen molar-refractivity contribution in [2.75, 3.05) is 29.9 Å². The first-order chi connectivity index (χ1) is 8.62. The van der Waals surface area contributed by atoms with Gasteiger partial charge in [0.25, 0.3) is 0 Å². The molecule has 0 atom stereocenters. The van der Waals surface area contributed by atoms with Gasteiger partial charge in [0.1, 0.15) is 5.82 Å². The fraction of sp³-hybridized carbons (Fsp3) is 0.714. The van der Waals surface area contributed by atoms with E-state index in [-0.39, 0.29) is 0 Å². The molecule has 4 heteroatoms. The van der Waals surface area contributed by atoms with Gasteiger partial charge in [-0.1, -0.05) is 20.8 Å². The lowest BCUT2D eigenvalue weighted by Crippen LogP contribution is -2.25. The molecule has 1 aromatic rings. The minimum atomic E-state index is 0.421. The summed E-state index contributed by atoms with van der Waals surface area (Å²) >= 11 is 0. The minimum absolute atomic E-state index is 0.421. The van der Waals surface area contributed by atoms with Crippen LogP contribution in [-0.2, 0) is 0 Å². The van der Waals surface area contributed by atoms with Crippen molar-refractivity contribution in [2.24, 2.45) is 0 Å². The van der Waals surface area contributed by atoms with Gasteiger partial charge in [0.2, 0.25) is 5.95 Å². The SMILES string of the molecule is CCCNc1cc(C(C)C)nc(N(CC)CC)n1. The maximum atomic E-state index is 4.66. The first kappa shape index (κ1) is 14.7. The zero-order valence-electron chi connectivity index (χ0n) is 12.3. The van der Waals surface area contributed by atoms with Crippen molar-refractivity contribution in [1.29, 1.82) is 0 Å². The smallest absolute Gasteiger partial charge is 0.227 e. The molecule has 0 fully saturated rings. The quantitative estimate of drug-likeness (QED) is 0.806. The van der Waals surface area contributed by atoms with E-state index in [4.69, 9.17) is 0 Å². The minimum Gasteiger partial charge on any atom is -0.370 e. The zero-order chi connectivity index (χ0) is 13.5. The number of nitrogens with one attached hydrogen (secondary N) is 1. The number of nitrogens with zero attached hydrogens (tertiary/aromatic N) is 3. The lowest BCUT2D eigenvalue weighted by atomic mass is 10.1. The summed E-state index contributed by atoms with van der Waals surface area (Å²) in [5.74, 6) is 2.20. The number of rotatable bonds is 7. The summed E-state index contributed by atoms with van der Waals surface area (Å²) in [5, 5.41) is 3.36.